The topological polar surface area (TPSA) is 49.1 Å². The Morgan fingerprint density at radius 2 is 2.67 bits per heavy atom. The average molecular weight is 124 g/mol. The van der Waals surface area contributed by atoms with Crippen LogP contribution in [0.5, 0.6) is 0 Å². The number of rotatable bonds is 1. The van der Waals surface area contributed by atoms with Crippen LogP contribution in [0.15, 0.2) is 27.3 Å². The molecule has 0 saturated carbocycles. The van der Waals surface area contributed by atoms with Crippen LogP contribution in [-0.4, -0.2) is 6.21 Å². The third-order valence-electron chi connectivity index (χ3n) is 0.896. The highest BCUT2D eigenvalue weighted by molar-refractivity contribution is 5.77. The van der Waals surface area contributed by atoms with Crippen molar-refractivity contribution in [3.05, 3.63) is 11.8 Å². The van der Waals surface area contributed by atoms with Crippen molar-refractivity contribution >= 4 is 6.21 Å². The maximum absolute atomic E-state index is 3.58. The molecule has 1 aliphatic heterocycles. The lowest BCUT2D eigenvalue weighted by molar-refractivity contribution is 0.781. The predicted octanol–water partition coefficient (Wildman–Crippen LogP) is 1.24. The molecule has 48 valence electrons. The highest BCUT2D eigenvalue weighted by atomic mass is 15.5. The van der Waals surface area contributed by atoms with Gasteiger partial charge in [-0.15, -0.1) is 5.10 Å². The summed E-state index contributed by atoms with van der Waals surface area (Å²) in [5.41, 5.74) is 3.60. The Balaban J connectivity index is 2.55. The molecular weight excluding hydrogens is 116 g/mol. The minimum Gasteiger partial charge on any atom is -0.257 e. The maximum Gasteiger partial charge on any atom is 0.0762 e. The number of allylic oxidation sites excluding steroid dienone is 2. The van der Waals surface area contributed by atoms with Crippen LogP contribution in [0.25, 0.3) is 0 Å². The number of nitrogens with zero attached hydrogens (tertiary/aromatic N) is 3. The lowest BCUT2D eigenvalue weighted by Crippen LogP contribution is -2.07. The van der Waals surface area contributed by atoms with Crippen LogP contribution in [-0.2, 0) is 0 Å². The number of hydrogen-bond acceptors (Lipinski definition) is 4. The lowest BCUT2D eigenvalue weighted by atomic mass is 10.4. The van der Waals surface area contributed by atoms with E-state index in [9.17, 15) is 0 Å². The molecule has 0 saturated heterocycles. The van der Waals surface area contributed by atoms with Crippen LogP contribution in [0.3, 0.4) is 0 Å². The van der Waals surface area contributed by atoms with Crippen molar-refractivity contribution in [3.63, 3.8) is 0 Å². The molecule has 0 aromatic heterocycles. The third kappa shape index (κ3) is 1.64. The van der Waals surface area contributed by atoms with E-state index in [-0.39, 0.29) is 0 Å². The molecule has 0 aromatic rings. The summed E-state index contributed by atoms with van der Waals surface area (Å²) in [5, 5.41) is 10.4. The normalized spacial score (nSPS) is 20.3. The SMILES string of the molecule is CCC=C1C=NN=NN1. The van der Waals surface area contributed by atoms with Crippen molar-refractivity contribution < 1.29 is 0 Å². The fourth-order valence-corrected chi connectivity index (χ4v) is 0.541. The molecule has 0 unspecified atom stereocenters. The molecule has 0 fully saturated rings. The molecule has 0 amide bonds. The molecule has 9 heavy (non-hydrogen) atoms. The van der Waals surface area contributed by atoms with E-state index in [1.165, 1.54) is 0 Å². The van der Waals surface area contributed by atoms with Gasteiger partial charge in [-0.3, -0.25) is 5.43 Å². The molecule has 0 atom stereocenters. The number of hydrogen-bond donors (Lipinski definition) is 1. The van der Waals surface area contributed by atoms with Gasteiger partial charge in [0.05, 0.1) is 11.9 Å². The van der Waals surface area contributed by atoms with Gasteiger partial charge in [-0.2, -0.15) is 0 Å². The Labute approximate surface area is 53.3 Å². The molecule has 0 aliphatic carbocycles. The maximum atomic E-state index is 3.58. The molecule has 1 aliphatic rings. The minimum absolute atomic E-state index is 0.910. The van der Waals surface area contributed by atoms with Crippen molar-refractivity contribution in [2.24, 2.45) is 15.5 Å². The zero-order chi connectivity index (χ0) is 6.53. The first-order valence-electron chi connectivity index (χ1n) is 2.82. The van der Waals surface area contributed by atoms with Crippen molar-refractivity contribution in [2.75, 3.05) is 0 Å². The van der Waals surface area contributed by atoms with Crippen LogP contribution >= 0.6 is 0 Å². The fourth-order valence-electron chi connectivity index (χ4n) is 0.541. The van der Waals surface area contributed by atoms with E-state index >= 15 is 0 Å². The summed E-state index contributed by atoms with van der Waals surface area (Å²) in [4.78, 5) is 0. The second kappa shape index (κ2) is 2.96. The van der Waals surface area contributed by atoms with E-state index in [1.807, 2.05) is 13.0 Å². The molecule has 4 nitrogen and oxygen atoms in total. The van der Waals surface area contributed by atoms with Gasteiger partial charge in [0, 0.05) is 0 Å². The fraction of sp³-hybridized carbons (Fsp3) is 0.400. The third-order valence-corrected chi connectivity index (χ3v) is 0.896. The van der Waals surface area contributed by atoms with Gasteiger partial charge in [-0.05, 0) is 16.9 Å². The first-order valence-corrected chi connectivity index (χ1v) is 2.82. The molecule has 1 rings (SSSR count). The van der Waals surface area contributed by atoms with Gasteiger partial charge in [0.2, 0.25) is 0 Å². The Morgan fingerprint density at radius 1 is 1.78 bits per heavy atom. The molecule has 1 N–H and O–H groups in total. The molecular formula is C5H8N4. The zero-order valence-electron chi connectivity index (χ0n) is 5.20. The van der Waals surface area contributed by atoms with Gasteiger partial charge in [-0.1, -0.05) is 13.0 Å². The molecule has 4 heteroatoms. The van der Waals surface area contributed by atoms with Crippen LogP contribution in [0.4, 0.5) is 0 Å². The summed E-state index contributed by atoms with van der Waals surface area (Å²) >= 11 is 0. The predicted molar refractivity (Wildman–Crippen MR) is 34.9 cm³/mol. The summed E-state index contributed by atoms with van der Waals surface area (Å²) < 4.78 is 0. The van der Waals surface area contributed by atoms with Gasteiger partial charge >= 0.3 is 0 Å². The Morgan fingerprint density at radius 3 is 3.22 bits per heavy atom. The first kappa shape index (κ1) is 5.94. The highest BCUT2D eigenvalue weighted by Gasteiger charge is 1.91. The molecule has 0 aromatic carbocycles. The molecule has 1 heterocycles. The summed E-state index contributed by atoms with van der Waals surface area (Å²) in [6.07, 6.45) is 4.60. The van der Waals surface area contributed by atoms with Crippen molar-refractivity contribution in [1.82, 2.24) is 5.43 Å². The van der Waals surface area contributed by atoms with Crippen LogP contribution < -0.4 is 5.43 Å². The van der Waals surface area contributed by atoms with Crippen molar-refractivity contribution in [2.45, 2.75) is 13.3 Å². The van der Waals surface area contributed by atoms with Gasteiger partial charge in [0.15, 0.2) is 0 Å². The van der Waals surface area contributed by atoms with Crippen molar-refractivity contribution in [3.8, 4) is 0 Å². The summed E-state index contributed by atoms with van der Waals surface area (Å²) in [5.74, 6) is 0. The largest absolute Gasteiger partial charge is 0.257 e. The smallest absolute Gasteiger partial charge is 0.0762 e. The van der Waals surface area contributed by atoms with Gasteiger partial charge < -0.3 is 0 Å². The van der Waals surface area contributed by atoms with Gasteiger partial charge in [0.25, 0.3) is 0 Å². The van der Waals surface area contributed by atoms with E-state index in [0.29, 0.717) is 0 Å². The summed E-state index contributed by atoms with van der Waals surface area (Å²) in [7, 11) is 0. The van der Waals surface area contributed by atoms with E-state index in [1.54, 1.807) is 6.21 Å². The summed E-state index contributed by atoms with van der Waals surface area (Å²) in [6.45, 7) is 2.05. The van der Waals surface area contributed by atoms with E-state index < -0.39 is 0 Å². The van der Waals surface area contributed by atoms with Gasteiger partial charge in [0.1, 0.15) is 0 Å². The summed E-state index contributed by atoms with van der Waals surface area (Å²) in [6, 6.07) is 0. The molecule has 0 spiro atoms. The van der Waals surface area contributed by atoms with E-state index in [0.717, 1.165) is 12.1 Å². The second-order valence-corrected chi connectivity index (χ2v) is 1.61. The Kier molecular flexibility index (Phi) is 1.95. The lowest BCUT2D eigenvalue weighted by Gasteiger charge is -1.99. The molecule has 0 bridgehead atoms. The first-order chi connectivity index (χ1) is 4.43. The molecule has 0 radical (unpaired) electrons. The van der Waals surface area contributed by atoms with E-state index in [4.69, 9.17) is 0 Å². The Bertz CT molecular complexity index is 168. The second-order valence-electron chi connectivity index (χ2n) is 1.61. The van der Waals surface area contributed by atoms with Crippen LogP contribution in [0, 0.1) is 0 Å². The monoisotopic (exact) mass is 124 g/mol. The van der Waals surface area contributed by atoms with E-state index in [2.05, 4.69) is 21.0 Å². The quantitative estimate of drug-likeness (QED) is 0.561. The highest BCUT2D eigenvalue weighted by Crippen LogP contribution is 1.93. The number of nitrogens with one attached hydrogen (secondary N) is 1. The minimum atomic E-state index is 0.910. The Hall–Kier alpha value is -1.19. The average Bonchev–Trinajstić information content (AvgIpc) is 1.91. The zero-order valence-corrected chi connectivity index (χ0v) is 5.20. The standard InChI is InChI=1S/C5H8N4/c1-2-3-5-4-6-8-9-7-5/h3-4H,2H2,1H3,(H,7,8). The van der Waals surface area contributed by atoms with Crippen molar-refractivity contribution in [1.29, 1.82) is 0 Å². The van der Waals surface area contributed by atoms with Gasteiger partial charge in [-0.25, -0.2) is 0 Å². The van der Waals surface area contributed by atoms with Crippen LogP contribution in [0.2, 0.25) is 0 Å². The van der Waals surface area contributed by atoms with Crippen LogP contribution in [0.1, 0.15) is 13.3 Å².